The van der Waals surface area contributed by atoms with Crippen molar-refractivity contribution in [1.29, 1.82) is 5.26 Å². The summed E-state index contributed by atoms with van der Waals surface area (Å²) < 4.78 is 0. The number of nitrogens with zero attached hydrogens (tertiary/aromatic N) is 3. The number of likely N-dealkylation sites (tertiary alicyclic amines) is 2. The SMILES string of the molecule is Cc1cc(CN2CCC2)ccc1NC/C=C(\C#N)CCNc1ccc(CN2CCC2)cc1. The zero-order valence-corrected chi connectivity index (χ0v) is 19.2. The zero-order valence-electron chi connectivity index (χ0n) is 19.2. The molecule has 2 N–H and O–H groups in total. The van der Waals surface area contributed by atoms with E-state index in [-0.39, 0.29) is 0 Å². The van der Waals surface area contributed by atoms with Crippen molar-refractivity contribution in [2.75, 3.05) is 49.9 Å². The summed E-state index contributed by atoms with van der Waals surface area (Å²) in [6.45, 7) is 10.6. The van der Waals surface area contributed by atoms with Gasteiger partial charge in [-0.1, -0.05) is 30.3 Å². The van der Waals surface area contributed by atoms with Crippen molar-refractivity contribution in [3.63, 3.8) is 0 Å². The molecule has 0 atom stereocenters. The molecule has 0 bridgehead atoms. The summed E-state index contributed by atoms with van der Waals surface area (Å²) >= 11 is 0. The number of hydrogen-bond donors (Lipinski definition) is 2. The van der Waals surface area contributed by atoms with Crippen molar-refractivity contribution in [2.45, 2.75) is 39.3 Å². The van der Waals surface area contributed by atoms with Crippen LogP contribution in [0.5, 0.6) is 0 Å². The van der Waals surface area contributed by atoms with E-state index in [4.69, 9.17) is 0 Å². The molecule has 2 saturated heterocycles. The standard InChI is InChI=1S/C27H35N5/c1-22-18-25(21-32-16-3-17-32)6-9-27(22)30-13-11-23(19-28)10-12-29-26-7-4-24(5-8-26)20-31-14-2-15-31/h4-9,11,18,29-30H,2-3,10,12-17,20-21H2,1H3/b23-11-. The molecule has 0 unspecified atom stereocenters. The Balaban J connectivity index is 1.19. The number of benzene rings is 2. The average Bonchev–Trinajstić information content (AvgIpc) is 2.74. The molecule has 4 rings (SSSR count). The van der Waals surface area contributed by atoms with Crippen LogP contribution >= 0.6 is 0 Å². The molecular formula is C27H35N5. The van der Waals surface area contributed by atoms with Gasteiger partial charge in [0.1, 0.15) is 0 Å². The Kier molecular flexibility index (Phi) is 7.82. The fourth-order valence-electron chi connectivity index (χ4n) is 4.18. The van der Waals surface area contributed by atoms with Gasteiger partial charge in [0, 0.05) is 43.1 Å². The highest BCUT2D eigenvalue weighted by Crippen LogP contribution is 2.20. The van der Waals surface area contributed by atoms with Gasteiger partial charge in [0.2, 0.25) is 0 Å². The van der Waals surface area contributed by atoms with Gasteiger partial charge >= 0.3 is 0 Å². The third-order valence-electron chi connectivity index (χ3n) is 6.46. The first-order valence-corrected chi connectivity index (χ1v) is 11.9. The summed E-state index contributed by atoms with van der Waals surface area (Å²) in [6, 6.07) is 17.7. The van der Waals surface area contributed by atoms with Crippen LogP contribution in [0.2, 0.25) is 0 Å². The second-order valence-electron chi connectivity index (χ2n) is 9.00. The van der Waals surface area contributed by atoms with Crippen LogP contribution in [0.4, 0.5) is 11.4 Å². The van der Waals surface area contributed by atoms with Crippen LogP contribution in [-0.2, 0) is 13.1 Å². The van der Waals surface area contributed by atoms with Gasteiger partial charge in [-0.05, 0) is 87.3 Å². The molecule has 168 valence electrons. The monoisotopic (exact) mass is 429 g/mol. The number of anilines is 2. The normalized spacial score (nSPS) is 16.7. The van der Waals surface area contributed by atoms with Gasteiger partial charge in [-0.15, -0.1) is 0 Å². The number of nitriles is 1. The molecule has 2 aliphatic rings. The van der Waals surface area contributed by atoms with E-state index >= 15 is 0 Å². The molecule has 2 fully saturated rings. The van der Waals surface area contributed by atoms with E-state index in [1.54, 1.807) is 0 Å². The topological polar surface area (TPSA) is 54.3 Å². The lowest BCUT2D eigenvalue weighted by molar-refractivity contribution is 0.172. The molecule has 0 amide bonds. The third kappa shape index (κ3) is 6.35. The van der Waals surface area contributed by atoms with Gasteiger partial charge < -0.3 is 10.6 Å². The van der Waals surface area contributed by atoms with Crippen molar-refractivity contribution in [3.8, 4) is 6.07 Å². The van der Waals surface area contributed by atoms with Crippen LogP contribution < -0.4 is 10.6 Å². The van der Waals surface area contributed by atoms with Crippen molar-refractivity contribution in [1.82, 2.24) is 9.80 Å². The molecule has 0 aliphatic carbocycles. The molecule has 2 heterocycles. The van der Waals surface area contributed by atoms with Crippen molar-refractivity contribution in [2.24, 2.45) is 0 Å². The lowest BCUT2D eigenvalue weighted by Gasteiger charge is -2.30. The molecule has 5 nitrogen and oxygen atoms in total. The summed E-state index contributed by atoms with van der Waals surface area (Å²) in [4.78, 5) is 4.93. The van der Waals surface area contributed by atoms with Gasteiger partial charge in [-0.25, -0.2) is 0 Å². The lowest BCUT2D eigenvalue weighted by Crippen LogP contribution is -2.36. The summed E-state index contributed by atoms with van der Waals surface area (Å²) in [7, 11) is 0. The molecule has 5 heteroatoms. The Morgan fingerprint density at radius 2 is 1.59 bits per heavy atom. The van der Waals surface area contributed by atoms with Crippen LogP contribution in [0.1, 0.15) is 36.0 Å². The molecule has 0 saturated carbocycles. The predicted octanol–water partition coefficient (Wildman–Crippen LogP) is 4.77. The Labute approximate surface area is 192 Å². The molecule has 0 spiro atoms. The number of hydrogen-bond acceptors (Lipinski definition) is 5. The molecule has 0 radical (unpaired) electrons. The van der Waals surface area contributed by atoms with Crippen LogP contribution in [-0.4, -0.2) is 49.1 Å². The zero-order chi connectivity index (χ0) is 22.2. The number of rotatable bonds is 11. The maximum absolute atomic E-state index is 9.49. The van der Waals surface area contributed by atoms with Crippen LogP contribution in [0.25, 0.3) is 0 Å². The Morgan fingerprint density at radius 3 is 2.19 bits per heavy atom. The Morgan fingerprint density at radius 1 is 0.938 bits per heavy atom. The first kappa shape index (κ1) is 22.4. The van der Waals surface area contributed by atoms with Gasteiger partial charge in [0.05, 0.1) is 6.07 Å². The first-order valence-electron chi connectivity index (χ1n) is 11.9. The minimum absolute atomic E-state index is 0.667. The minimum atomic E-state index is 0.667. The van der Waals surface area contributed by atoms with Gasteiger partial charge in [0.15, 0.2) is 0 Å². The van der Waals surface area contributed by atoms with E-state index in [1.165, 1.54) is 55.7 Å². The highest BCUT2D eigenvalue weighted by Gasteiger charge is 2.14. The van der Waals surface area contributed by atoms with E-state index < -0.39 is 0 Å². The summed E-state index contributed by atoms with van der Waals surface area (Å²) in [6.07, 6.45) is 5.38. The fourth-order valence-corrected chi connectivity index (χ4v) is 4.18. The second kappa shape index (κ2) is 11.2. The molecule has 2 aromatic carbocycles. The fraction of sp³-hybridized carbons (Fsp3) is 0.444. The molecule has 32 heavy (non-hydrogen) atoms. The highest BCUT2D eigenvalue weighted by molar-refractivity contribution is 5.52. The minimum Gasteiger partial charge on any atom is -0.385 e. The van der Waals surface area contributed by atoms with E-state index in [0.29, 0.717) is 6.54 Å². The van der Waals surface area contributed by atoms with Gasteiger partial charge in [-0.3, -0.25) is 9.80 Å². The second-order valence-corrected chi connectivity index (χ2v) is 9.00. The molecule has 2 aromatic rings. The first-order chi connectivity index (χ1) is 15.7. The maximum Gasteiger partial charge on any atom is 0.0945 e. The predicted molar refractivity (Wildman–Crippen MR) is 133 cm³/mol. The van der Waals surface area contributed by atoms with Crippen LogP contribution in [0.3, 0.4) is 0 Å². The quantitative estimate of drug-likeness (QED) is 0.504. The summed E-state index contributed by atoms with van der Waals surface area (Å²) in [5.74, 6) is 0. The molecule has 0 aromatic heterocycles. The third-order valence-corrected chi connectivity index (χ3v) is 6.46. The van der Waals surface area contributed by atoms with Crippen molar-refractivity contribution in [3.05, 3.63) is 70.8 Å². The maximum atomic E-state index is 9.49. The van der Waals surface area contributed by atoms with Crippen LogP contribution in [0, 0.1) is 18.3 Å². The van der Waals surface area contributed by atoms with E-state index in [0.717, 1.165) is 43.0 Å². The summed E-state index contributed by atoms with van der Waals surface area (Å²) in [5, 5.41) is 16.4. The lowest BCUT2D eigenvalue weighted by atomic mass is 10.1. The summed E-state index contributed by atoms with van der Waals surface area (Å²) in [5.41, 5.74) is 7.06. The van der Waals surface area contributed by atoms with Gasteiger partial charge in [0.25, 0.3) is 0 Å². The van der Waals surface area contributed by atoms with Crippen molar-refractivity contribution < 1.29 is 0 Å². The highest BCUT2D eigenvalue weighted by atomic mass is 15.2. The average molecular weight is 430 g/mol. The Bertz CT molecular complexity index is 949. The van der Waals surface area contributed by atoms with E-state index in [2.05, 4.69) is 75.9 Å². The molecule has 2 aliphatic heterocycles. The van der Waals surface area contributed by atoms with Crippen molar-refractivity contribution >= 4 is 11.4 Å². The largest absolute Gasteiger partial charge is 0.385 e. The number of aryl methyl sites for hydroxylation is 1. The van der Waals surface area contributed by atoms with E-state index in [1.807, 2.05) is 6.08 Å². The van der Waals surface area contributed by atoms with E-state index in [9.17, 15) is 5.26 Å². The van der Waals surface area contributed by atoms with Crippen LogP contribution in [0.15, 0.2) is 54.1 Å². The van der Waals surface area contributed by atoms with Gasteiger partial charge in [-0.2, -0.15) is 5.26 Å². The smallest absolute Gasteiger partial charge is 0.0945 e. The molecular weight excluding hydrogens is 394 g/mol. The Hall–Kier alpha value is -2.81. The number of nitrogens with one attached hydrogen (secondary N) is 2.